The van der Waals surface area contributed by atoms with Gasteiger partial charge in [0.25, 0.3) is 0 Å². The summed E-state index contributed by atoms with van der Waals surface area (Å²) in [6.45, 7) is 11.0. The van der Waals surface area contributed by atoms with E-state index in [4.69, 9.17) is 4.98 Å². The van der Waals surface area contributed by atoms with Crippen LogP contribution in [0.15, 0.2) is 78.9 Å². The van der Waals surface area contributed by atoms with Crippen LogP contribution in [-0.2, 0) is 17.8 Å². The zero-order valence-electron chi connectivity index (χ0n) is 20.9. The summed E-state index contributed by atoms with van der Waals surface area (Å²) in [7, 11) is 0. The summed E-state index contributed by atoms with van der Waals surface area (Å²) < 4.78 is 2.10. The Hall–Kier alpha value is -3.40. The van der Waals surface area contributed by atoms with Gasteiger partial charge >= 0.3 is 0 Å². The van der Waals surface area contributed by atoms with Crippen LogP contribution in [-0.4, -0.2) is 21.5 Å². The highest BCUT2D eigenvalue weighted by atomic mass is 16.2. The Morgan fingerprint density at radius 3 is 2.15 bits per heavy atom. The van der Waals surface area contributed by atoms with Crippen molar-refractivity contribution in [1.82, 2.24) is 9.55 Å². The Morgan fingerprint density at radius 1 is 0.853 bits per heavy atom. The van der Waals surface area contributed by atoms with Crippen LogP contribution in [0.1, 0.15) is 57.5 Å². The molecule has 34 heavy (non-hydrogen) atoms. The number of hydrogen-bond acceptors (Lipinski definition) is 2. The Kier molecular flexibility index (Phi) is 7.16. The van der Waals surface area contributed by atoms with Gasteiger partial charge in [0, 0.05) is 17.6 Å². The molecule has 4 nitrogen and oxygen atoms in total. The number of imidazole rings is 1. The maximum absolute atomic E-state index is 13.6. The lowest BCUT2D eigenvalue weighted by atomic mass is 9.96. The number of aromatic nitrogens is 2. The monoisotopic (exact) mass is 453 g/mol. The van der Waals surface area contributed by atoms with Crippen molar-refractivity contribution >= 4 is 22.6 Å². The Bertz CT molecular complexity index is 1240. The van der Waals surface area contributed by atoms with Gasteiger partial charge in [-0.25, -0.2) is 4.98 Å². The van der Waals surface area contributed by atoms with Crippen LogP contribution >= 0.6 is 0 Å². The standard InChI is InChI=1S/C30H35N3O/c1-21(2)19-24-15-17-25(18-16-24)23(5)30-31-27-13-9-10-14-28(27)32(30)20-29(34)33(22(3)4)26-11-7-6-8-12-26/h6-18,21-23H,19-20H2,1-5H3. The number of amides is 1. The van der Waals surface area contributed by atoms with Crippen molar-refractivity contribution in [1.29, 1.82) is 0 Å². The van der Waals surface area contributed by atoms with Gasteiger partial charge in [0.2, 0.25) is 5.91 Å². The number of anilines is 1. The van der Waals surface area contributed by atoms with Gasteiger partial charge in [-0.05, 0) is 61.6 Å². The molecule has 1 aromatic heterocycles. The molecule has 176 valence electrons. The van der Waals surface area contributed by atoms with E-state index in [2.05, 4.69) is 69.5 Å². The predicted octanol–water partition coefficient (Wildman–Crippen LogP) is 6.83. The minimum atomic E-state index is 0.0547. The first-order valence-electron chi connectivity index (χ1n) is 12.3. The third-order valence-electron chi connectivity index (χ3n) is 6.31. The van der Waals surface area contributed by atoms with Crippen LogP contribution in [0.2, 0.25) is 0 Å². The molecular weight excluding hydrogens is 418 g/mol. The van der Waals surface area contributed by atoms with Crippen molar-refractivity contribution in [2.75, 3.05) is 4.90 Å². The quantitative estimate of drug-likeness (QED) is 0.293. The largest absolute Gasteiger partial charge is 0.318 e. The number of benzene rings is 3. The minimum absolute atomic E-state index is 0.0547. The number of nitrogens with zero attached hydrogens (tertiary/aromatic N) is 3. The van der Waals surface area contributed by atoms with Gasteiger partial charge in [-0.2, -0.15) is 0 Å². The van der Waals surface area contributed by atoms with Crippen LogP contribution in [0.5, 0.6) is 0 Å². The SMILES string of the molecule is CC(C)Cc1ccc(C(C)c2nc3ccccc3n2CC(=O)N(c2ccccc2)C(C)C)cc1. The summed E-state index contributed by atoms with van der Waals surface area (Å²) in [5, 5.41) is 0. The molecule has 1 heterocycles. The molecule has 1 amide bonds. The molecule has 0 spiro atoms. The summed E-state index contributed by atoms with van der Waals surface area (Å²) in [6, 6.07) is 26.9. The first kappa shape index (κ1) is 23.7. The van der Waals surface area contributed by atoms with Crippen LogP contribution in [0.25, 0.3) is 11.0 Å². The molecule has 0 radical (unpaired) electrons. The second kappa shape index (κ2) is 10.3. The first-order chi connectivity index (χ1) is 16.3. The number of carbonyl (C=O) groups excluding carboxylic acids is 1. The van der Waals surface area contributed by atoms with Gasteiger partial charge in [0.1, 0.15) is 12.4 Å². The fraction of sp³-hybridized carbons (Fsp3) is 0.333. The maximum Gasteiger partial charge on any atom is 0.247 e. The summed E-state index contributed by atoms with van der Waals surface area (Å²) in [5.41, 5.74) is 5.39. The molecule has 4 rings (SSSR count). The van der Waals surface area contributed by atoms with E-state index in [1.54, 1.807) is 0 Å². The minimum Gasteiger partial charge on any atom is -0.318 e. The second-order valence-electron chi connectivity index (χ2n) is 9.80. The van der Waals surface area contributed by atoms with Crippen molar-refractivity contribution in [2.45, 2.75) is 59.5 Å². The van der Waals surface area contributed by atoms with Gasteiger partial charge in [0.15, 0.2) is 0 Å². The van der Waals surface area contributed by atoms with Crippen LogP contribution in [0.3, 0.4) is 0 Å². The fourth-order valence-corrected chi connectivity index (χ4v) is 4.68. The Balaban J connectivity index is 1.69. The van der Waals surface area contributed by atoms with E-state index in [1.807, 2.05) is 53.4 Å². The molecule has 0 saturated heterocycles. The predicted molar refractivity (Wildman–Crippen MR) is 141 cm³/mol. The van der Waals surface area contributed by atoms with Crippen LogP contribution < -0.4 is 4.90 Å². The van der Waals surface area contributed by atoms with Gasteiger partial charge in [-0.15, -0.1) is 0 Å². The van der Waals surface area contributed by atoms with Crippen molar-refractivity contribution < 1.29 is 4.79 Å². The van der Waals surface area contributed by atoms with Gasteiger partial charge in [-0.1, -0.05) is 75.4 Å². The second-order valence-corrected chi connectivity index (χ2v) is 9.80. The summed E-state index contributed by atoms with van der Waals surface area (Å²) in [6.07, 6.45) is 1.08. The lowest BCUT2D eigenvalue weighted by molar-refractivity contribution is -0.119. The third-order valence-corrected chi connectivity index (χ3v) is 6.31. The topological polar surface area (TPSA) is 38.1 Å². The van der Waals surface area contributed by atoms with E-state index in [0.717, 1.165) is 29.0 Å². The number of fused-ring (bicyclic) bond motifs is 1. The molecule has 4 aromatic rings. The lowest BCUT2D eigenvalue weighted by Gasteiger charge is -2.28. The molecule has 1 atom stereocenters. The average molecular weight is 454 g/mol. The van der Waals surface area contributed by atoms with Gasteiger partial charge in [0.05, 0.1) is 11.0 Å². The smallest absolute Gasteiger partial charge is 0.247 e. The molecular formula is C30H35N3O. The normalized spacial score (nSPS) is 12.4. The number of carbonyl (C=O) groups is 1. The molecule has 0 saturated carbocycles. The lowest BCUT2D eigenvalue weighted by Crippen LogP contribution is -2.39. The van der Waals surface area contributed by atoms with E-state index in [9.17, 15) is 4.79 Å². The molecule has 4 heteroatoms. The highest BCUT2D eigenvalue weighted by Crippen LogP contribution is 2.29. The molecule has 0 fully saturated rings. The molecule has 0 aliphatic heterocycles. The molecule has 1 unspecified atom stereocenters. The summed E-state index contributed by atoms with van der Waals surface area (Å²) >= 11 is 0. The van der Waals surface area contributed by atoms with Crippen molar-refractivity contribution in [2.24, 2.45) is 5.92 Å². The van der Waals surface area contributed by atoms with E-state index >= 15 is 0 Å². The van der Waals surface area contributed by atoms with Gasteiger partial charge in [-0.3, -0.25) is 4.79 Å². The molecule has 0 aliphatic rings. The van der Waals surface area contributed by atoms with Crippen molar-refractivity contribution in [3.05, 3.63) is 95.8 Å². The fourth-order valence-electron chi connectivity index (χ4n) is 4.68. The number of hydrogen-bond donors (Lipinski definition) is 0. The van der Waals surface area contributed by atoms with Gasteiger partial charge < -0.3 is 9.47 Å². The van der Waals surface area contributed by atoms with Crippen molar-refractivity contribution in [3.8, 4) is 0 Å². The van der Waals surface area contributed by atoms with Crippen LogP contribution in [0.4, 0.5) is 5.69 Å². The molecule has 0 bridgehead atoms. The van der Waals surface area contributed by atoms with E-state index in [1.165, 1.54) is 11.1 Å². The average Bonchev–Trinajstić information content (AvgIpc) is 3.17. The van der Waals surface area contributed by atoms with E-state index in [-0.39, 0.29) is 24.4 Å². The van der Waals surface area contributed by atoms with E-state index in [0.29, 0.717) is 5.92 Å². The summed E-state index contributed by atoms with van der Waals surface area (Å²) in [4.78, 5) is 20.5. The molecule has 0 aliphatic carbocycles. The highest BCUT2D eigenvalue weighted by Gasteiger charge is 2.24. The van der Waals surface area contributed by atoms with Crippen molar-refractivity contribution in [3.63, 3.8) is 0 Å². The number of para-hydroxylation sites is 3. The summed E-state index contributed by atoms with van der Waals surface area (Å²) in [5.74, 6) is 1.68. The van der Waals surface area contributed by atoms with Crippen LogP contribution in [0, 0.1) is 5.92 Å². The molecule has 0 N–H and O–H groups in total. The Morgan fingerprint density at radius 2 is 1.50 bits per heavy atom. The Labute approximate surface area is 203 Å². The van der Waals surface area contributed by atoms with E-state index < -0.39 is 0 Å². The third kappa shape index (κ3) is 5.06. The molecule has 3 aromatic carbocycles. The zero-order valence-corrected chi connectivity index (χ0v) is 20.9. The first-order valence-corrected chi connectivity index (χ1v) is 12.3. The number of rotatable bonds is 8. The zero-order chi connectivity index (χ0) is 24.2. The highest BCUT2D eigenvalue weighted by molar-refractivity contribution is 5.94. The maximum atomic E-state index is 13.6.